The molecule has 0 aliphatic heterocycles. The molecule has 0 aliphatic rings. The summed E-state index contributed by atoms with van der Waals surface area (Å²) in [6.45, 7) is 4.39. The predicted octanol–water partition coefficient (Wildman–Crippen LogP) is 2.57. The number of hydrogen-bond donors (Lipinski definition) is 1. The van der Waals surface area contributed by atoms with Crippen LogP contribution in [0.4, 0.5) is 10.1 Å². The van der Waals surface area contributed by atoms with Crippen LogP contribution in [0.3, 0.4) is 0 Å². The van der Waals surface area contributed by atoms with Gasteiger partial charge in [0.1, 0.15) is 21.7 Å². The molecule has 1 rings (SSSR count). The van der Waals surface area contributed by atoms with Gasteiger partial charge in [-0.2, -0.15) is 5.26 Å². The summed E-state index contributed by atoms with van der Waals surface area (Å²) in [6.07, 6.45) is 1.73. The number of rotatable bonds is 6. The summed E-state index contributed by atoms with van der Waals surface area (Å²) in [5.41, 5.74) is 0.551. The molecule has 1 N–H and O–H groups in total. The second-order valence-corrected chi connectivity index (χ2v) is 7.96. The van der Waals surface area contributed by atoms with E-state index < -0.39 is 15.7 Å². The molecule has 1 aromatic rings. The van der Waals surface area contributed by atoms with Crippen molar-refractivity contribution in [2.45, 2.75) is 20.3 Å². The van der Waals surface area contributed by atoms with Crippen molar-refractivity contribution < 1.29 is 12.8 Å². The van der Waals surface area contributed by atoms with Crippen LogP contribution in [-0.4, -0.2) is 27.0 Å². The minimum Gasteiger partial charge on any atom is -0.383 e. The molecule has 0 saturated heterocycles. The lowest BCUT2D eigenvalue weighted by atomic mass is 9.90. The number of benzene rings is 1. The molecule has 20 heavy (non-hydrogen) atoms. The van der Waals surface area contributed by atoms with Gasteiger partial charge < -0.3 is 5.32 Å². The molecule has 0 unspecified atom stereocenters. The Morgan fingerprint density at radius 3 is 2.60 bits per heavy atom. The molecule has 0 spiro atoms. The van der Waals surface area contributed by atoms with Crippen molar-refractivity contribution >= 4 is 15.5 Å². The summed E-state index contributed by atoms with van der Waals surface area (Å²) >= 11 is 0. The van der Waals surface area contributed by atoms with Crippen molar-refractivity contribution in [3.8, 4) is 6.07 Å². The molecule has 1 aromatic carbocycles. The van der Waals surface area contributed by atoms with Crippen LogP contribution in [0.2, 0.25) is 0 Å². The fourth-order valence-electron chi connectivity index (χ4n) is 1.65. The van der Waals surface area contributed by atoms with Crippen LogP contribution in [-0.2, 0) is 9.84 Å². The number of nitrogens with one attached hydrogen (secondary N) is 1. The van der Waals surface area contributed by atoms with E-state index in [1.165, 1.54) is 24.5 Å². The Kier molecular flexibility index (Phi) is 5.12. The molecule has 0 radical (unpaired) electrons. The summed E-state index contributed by atoms with van der Waals surface area (Å²) in [4.78, 5) is 0. The summed E-state index contributed by atoms with van der Waals surface area (Å²) < 4.78 is 35.4. The molecule has 4 nitrogen and oxygen atoms in total. The smallest absolute Gasteiger partial charge is 0.147 e. The SMILES string of the molecule is CC(C)(CCS(C)(=O)=O)CNc1ccc(F)cc1C#N. The van der Waals surface area contributed by atoms with E-state index in [1.54, 1.807) is 0 Å². The fraction of sp³-hybridized carbons (Fsp3) is 0.500. The third-order valence-corrected chi connectivity index (χ3v) is 3.95. The summed E-state index contributed by atoms with van der Waals surface area (Å²) in [7, 11) is -2.99. The van der Waals surface area contributed by atoms with E-state index in [0.717, 1.165) is 0 Å². The quantitative estimate of drug-likeness (QED) is 0.876. The zero-order chi connectivity index (χ0) is 15.4. The van der Waals surface area contributed by atoms with E-state index in [4.69, 9.17) is 5.26 Å². The third-order valence-electron chi connectivity index (χ3n) is 3.01. The maximum atomic E-state index is 13.0. The van der Waals surface area contributed by atoms with Crippen molar-refractivity contribution in [3.63, 3.8) is 0 Å². The molecular weight excluding hydrogens is 279 g/mol. The van der Waals surface area contributed by atoms with Gasteiger partial charge in [0.25, 0.3) is 0 Å². The Morgan fingerprint density at radius 2 is 2.05 bits per heavy atom. The van der Waals surface area contributed by atoms with Crippen molar-refractivity contribution in [1.82, 2.24) is 0 Å². The van der Waals surface area contributed by atoms with E-state index in [-0.39, 0.29) is 16.7 Å². The number of anilines is 1. The first-order valence-corrected chi connectivity index (χ1v) is 8.30. The van der Waals surface area contributed by atoms with Gasteiger partial charge in [-0.3, -0.25) is 0 Å². The molecule has 6 heteroatoms. The number of nitrogens with zero attached hydrogens (tertiary/aromatic N) is 1. The predicted molar refractivity (Wildman–Crippen MR) is 77.7 cm³/mol. The lowest BCUT2D eigenvalue weighted by Crippen LogP contribution is -2.26. The van der Waals surface area contributed by atoms with Crippen LogP contribution in [0, 0.1) is 22.6 Å². The van der Waals surface area contributed by atoms with Crippen LogP contribution >= 0.6 is 0 Å². The van der Waals surface area contributed by atoms with Crippen molar-refractivity contribution in [2.24, 2.45) is 5.41 Å². The maximum absolute atomic E-state index is 13.0. The van der Waals surface area contributed by atoms with Gasteiger partial charge in [0.05, 0.1) is 17.0 Å². The summed E-state index contributed by atoms with van der Waals surface area (Å²) in [6, 6.07) is 5.90. The van der Waals surface area contributed by atoms with Crippen LogP contribution < -0.4 is 5.32 Å². The van der Waals surface area contributed by atoms with Crippen LogP contribution in [0.5, 0.6) is 0 Å². The average molecular weight is 298 g/mol. The number of nitriles is 1. The fourth-order valence-corrected chi connectivity index (χ4v) is 2.57. The van der Waals surface area contributed by atoms with E-state index in [9.17, 15) is 12.8 Å². The Bertz CT molecular complexity index is 619. The Hall–Kier alpha value is -1.61. The maximum Gasteiger partial charge on any atom is 0.147 e. The molecule has 0 heterocycles. The van der Waals surface area contributed by atoms with Gasteiger partial charge in [0.15, 0.2) is 0 Å². The number of hydrogen-bond acceptors (Lipinski definition) is 4. The minimum absolute atomic E-state index is 0.121. The highest BCUT2D eigenvalue weighted by molar-refractivity contribution is 7.90. The average Bonchev–Trinajstić information content (AvgIpc) is 2.34. The Balaban J connectivity index is 2.69. The molecule has 0 amide bonds. The minimum atomic E-state index is -2.99. The summed E-state index contributed by atoms with van der Waals surface area (Å²) in [5.74, 6) is -0.334. The topological polar surface area (TPSA) is 70.0 Å². The molecule has 0 fully saturated rings. The van der Waals surface area contributed by atoms with Gasteiger partial charge in [0, 0.05) is 12.8 Å². The molecule has 0 aliphatic carbocycles. The second-order valence-electron chi connectivity index (χ2n) is 5.70. The molecule has 0 bridgehead atoms. The molecular formula is C14H19FN2O2S. The highest BCUT2D eigenvalue weighted by Crippen LogP contribution is 2.23. The Morgan fingerprint density at radius 1 is 1.40 bits per heavy atom. The van der Waals surface area contributed by atoms with Crippen LogP contribution in [0.1, 0.15) is 25.8 Å². The standard InChI is InChI=1S/C14H19FN2O2S/c1-14(2,6-7-20(3,18)19)10-17-13-5-4-12(15)8-11(13)9-16/h4-5,8,17H,6-7,10H2,1-3H3. The molecule has 110 valence electrons. The Labute approximate surface area is 119 Å². The molecule has 0 saturated carbocycles. The number of sulfone groups is 1. The first kappa shape index (κ1) is 16.4. The normalized spacial score (nSPS) is 11.9. The van der Waals surface area contributed by atoms with E-state index in [2.05, 4.69) is 5.32 Å². The molecule has 0 aromatic heterocycles. The van der Waals surface area contributed by atoms with Gasteiger partial charge in [-0.05, 0) is 30.0 Å². The van der Waals surface area contributed by atoms with Crippen molar-refractivity contribution in [2.75, 3.05) is 23.9 Å². The largest absolute Gasteiger partial charge is 0.383 e. The van der Waals surface area contributed by atoms with Gasteiger partial charge in [0.2, 0.25) is 0 Å². The second kappa shape index (κ2) is 6.23. The highest BCUT2D eigenvalue weighted by Gasteiger charge is 2.20. The molecule has 0 atom stereocenters. The van der Waals surface area contributed by atoms with Crippen LogP contribution in [0.25, 0.3) is 0 Å². The summed E-state index contributed by atoms with van der Waals surface area (Å²) in [5, 5.41) is 12.0. The highest BCUT2D eigenvalue weighted by atomic mass is 32.2. The van der Waals surface area contributed by atoms with E-state index >= 15 is 0 Å². The van der Waals surface area contributed by atoms with Crippen molar-refractivity contribution in [1.29, 1.82) is 5.26 Å². The van der Waals surface area contributed by atoms with Gasteiger partial charge in [-0.15, -0.1) is 0 Å². The van der Waals surface area contributed by atoms with Gasteiger partial charge >= 0.3 is 0 Å². The first-order chi connectivity index (χ1) is 9.13. The zero-order valence-electron chi connectivity index (χ0n) is 11.9. The van der Waals surface area contributed by atoms with Gasteiger partial charge in [-0.25, -0.2) is 12.8 Å². The van der Waals surface area contributed by atoms with E-state index in [0.29, 0.717) is 18.7 Å². The van der Waals surface area contributed by atoms with E-state index in [1.807, 2.05) is 19.9 Å². The lowest BCUT2D eigenvalue weighted by Gasteiger charge is -2.25. The monoisotopic (exact) mass is 298 g/mol. The third kappa shape index (κ3) is 5.57. The van der Waals surface area contributed by atoms with Crippen molar-refractivity contribution in [3.05, 3.63) is 29.6 Å². The van der Waals surface area contributed by atoms with Crippen LogP contribution in [0.15, 0.2) is 18.2 Å². The zero-order valence-corrected chi connectivity index (χ0v) is 12.7. The lowest BCUT2D eigenvalue weighted by molar-refractivity contribution is 0.377. The van der Waals surface area contributed by atoms with Gasteiger partial charge in [-0.1, -0.05) is 13.8 Å². The number of halogens is 1. The first-order valence-electron chi connectivity index (χ1n) is 6.24.